The van der Waals surface area contributed by atoms with Gasteiger partial charge in [0.05, 0.1) is 17.2 Å². The number of hydrogen-bond donors (Lipinski definition) is 0. The van der Waals surface area contributed by atoms with E-state index < -0.39 is 0 Å². The number of aromatic nitrogens is 4. The smallest absolute Gasteiger partial charge is 0.261 e. The van der Waals surface area contributed by atoms with E-state index in [9.17, 15) is 4.79 Å². The predicted octanol–water partition coefficient (Wildman–Crippen LogP) is 3.26. The standard InChI is InChI=1S/C17H11BrN4O2/c18-12-6-7-14-13(8-12)17(23)22(10-19-14)9-15-20-21-16(24-15)11-4-2-1-3-5-11/h1-8,10H,9H2. The van der Waals surface area contributed by atoms with Crippen molar-refractivity contribution in [1.82, 2.24) is 19.7 Å². The third kappa shape index (κ3) is 2.74. The minimum absolute atomic E-state index is 0.152. The molecule has 4 rings (SSSR count). The summed E-state index contributed by atoms with van der Waals surface area (Å²) in [7, 11) is 0. The number of hydrogen-bond acceptors (Lipinski definition) is 5. The molecule has 0 N–H and O–H groups in total. The number of rotatable bonds is 3. The molecule has 6 nitrogen and oxygen atoms in total. The molecular weight excluding hydrogens is 372 g/mol. The van der Waals surface area contributed by atoms with Crippen LogP contribution in [-0.2, 0) is 6.54 Å². The first-order valence-electron chi connectivity index (χ1n) is 7.23. The molecule has 2 heterocycles. The summed E-state index contributed by atoms with van der Waals surface area (Å²) in [5, 5.41) is 8.58. The maximum atomic E-state index is 12.6. The lowest BCUT2D eigenvalue weighted by Gasteiger charge is -2.04. The van der Waals surface area contributed by atoms with Gasteiger partial charge in [-0.25, -0.2) is 4.98 Å². The zero-order chi connectivity index (χ0) is 16.5. The van der Waals surface area contributed by atoms with Crippen molar-refractivity contribution in [3.8, 4) is 11.5 Å². The van der Waals surface area contributed by atoms with Crippen molar-refractivity contribution in [2.45, 2.75) is 6.54 Å². The number of benzene rings is 2. The lowest BCUT2D eigenvalue weighted by Crippen LogP contribution is -2.21. The Morgan fingerprint density at radius 2 is 1.92 bits per heavy atom. The van der Waals surface area contributed by atoms with E-state index in [1.165, 1.54) is 10.9 Å². The van der Waals surface area contributed by atoms with Crippen LogP contribution < -0.4 is 5.56 Å². The molecule has 0 aliphatic heterocycles. The summed E-state index contributed by atoms with van der Waals surface area (Å²) in [6, 6.07) is 14.9. The van der Waals surface area contributed by atoms with Crippen molar-refractivity contribution < 1.29 is 4.42 Å². The highest BCUT2D eigenvalue weighted by Gasteiger charge is 2.11. The van der Waals surface area contributed by atoms with Gasteiger partial charge in [0.25, 0.3) is 5.56 Å². The highest BCUT2D eigenvalue weighted by atomic mass is 79.9. The fourth-order valence-electron chi connectivity index (χ4n) is 2.40. The van der Waals surface area contributed by atoms with Crippen LogP contribution in [0.4, 0.5) is 0 Å². The van der Waals surface area contributed by atoms with Crippen LogP contribution in [0.1, 0.15) is 5.89 Å². The topological polar surface area (TPSA) is 73.8 Å². The molecule has 7 heteroatoms. The highest BCUT2D eigenvalue weighted by Crippen LogP contribution is 2.18. The molecule has 0 saturated carbocycles. The van der Waals surface area contributed by atoms with Gasteiger partial charge in [-0.05, 0) is 30.3 Å². The van der Waals surface area contributed by atoms with Crippen molar-refractivity contribution in [1.29, 1.82) is 0 Å². The summed E-state index contributed by atoms with van der Waals surface area (Å²) in [6.07, 6.45) is 1.49. The van der Waals surface area contributed by atoms with Crippen LogP contribution in [0.5, 0.6) is 0 Å². The quantitative estimate of drug-likeness (QED) is 0.543. The fourth-order valence-corrected chi connectivity index (χ4v) is 2.77. The second-order valence-corrected chi connectivity index (χ2v) is 6.12. The van der Waals surface area contributed by atoms with Gasteiger partial charge in [-0.2, -0.15) is 0 Å². The van der Waals surface area contributed by atoms with Gasteiger partial charge in [0, 0.05) is 10.0 Å². The summed E-state index contributed by atoms with van der Waals surface area (Å²) in [6.45, 7) is 0.175. The van der Waals surface area contributed by atoms with Gasteiger partial charge in [-0.1, -0.05) is 34.1 Å². The Balaban J connectivity index is 1.69. The van der Waals surface area contributed by atoms with Crippen LogP contribution in [-0.4, -0.2) is 19.7 Å². The molecule has 0 saturated heterocycles. The van der Waals surface area contributed by atoms with E-state index in [0.29, 0.717) is 22.7 Å². The summed E-state index contributed by atoms with van der Waals surface area (Å²) >= 11 is 3.37. The maximum Gasteiger partial charge on any atom is 0.261 e. The Hall–Kier alpha value is -2.80. The Bertz CT molecular complexity index is 1070. The lowest BCUT2D eigenvalue weighted by molar-refractivity contribution is 0.483. The molecule has 0 aliphatic carbocycles. The van der Waals surface area contributed by atoms with Crippen molar-refractivity contribution in [2.24, 2.45) is 0 Å². The van der Waals surface area contributed by atoms with E-state index in [-0.39, 0.29) is 12.1 Å². The molecular formula is C17H11BrN4O2. The SMILES string of the molecule is O=c1c2cc(Br)ccc2ncn1Cc1nnc(-c2ccccc2)o1. The number of fused-ring (bicyclic) bond motifs is 1. The van der Waals surface area contributed by atoms with E-state index in [1.807, 2.05) is 36.4 Å². The Labute approximate surface area is 144 Å². The Morgan fingerprint density at radius 1 is 1.08 bits per heavy atom. The molecule has 0 unspecified atom stereocenters. The maximum absolute atomic E-state index is 12.6. The fraction of sp³-hybridized carbons (Fsp3) is 0.0588. The zero-order valence-corrected chi connectivity index (χ0v) is 14.0. The molecule has 0 atom stereocenters. The molecule has 2 aromatic heterocycles. The predicted molar refractivity (Wildman–Crippen MR) is 92.5 cm³/mol. The first kappa shape index (κ1) is 14.8. The van der Waals surface area contributed by atoms with E-state index in [1.54, 1.807) is 12.1 Å². The van der Waals surface area contributed by atoms with Crippen LogP contribution in [0, 0.1) is 0 Å². The molecule has 0 bridgehead atoms. The van der Waals surface area contributed by atoms with Crippen LogP contribution >= 0.6 is 15.9 Å². The molecule has 24 heavy (non-hydrogen) atoms. The van der Waals surface area contributed by atoms with E-state index in [0.717, 1.165) is 10.0 Å². The molecule has 118 valence electrons. The highest BCUT2D eigenvalue weighted by molar-refractivity contribution is 9.10. The van der Waals surface area contributed by atoms with Gasteiger partial charge >= 0.3 is 0 Å². The van der Waals surface area contributed by atoms with Crippen molar-refractivity contribution in [2.75, 3.05) is 0 Å². The molecule has 4 aromatic rings. The van der Waals surface area contributed by atoms with Crippen molar-refractivity contribution in [3.05, 3.63) is 75.6 Å². The van der Waals surface area contributed by atoms with Gasteiger partial charge in [-0.15, -0.1) is 10.2 Å². The average Bonchev–Trinajstić information content (AvgIpc) is 3.07. The third-order valence-corrected chi connectivity index (χ3v) is 4.07. The monoisotopic (exact) mass is 382 g/mol. The number of nitrogens with zero attached hydrogens (tertiary/aromatic N) is 4. The van der Waals surface area contributed by atoms with Gasteiger partial charge in [0.1, 0.15) is 6.54 Å². The second kappa shape index (κ2) is 6.01. The zero-order valence-electron chi connectivity index (χ0n) is 12.4. The minimum Gasteiger partial charge on any atom is -0.419 e. The molecule has 0 fully saturated rings. The Kier molecular flexibility index (Phi) is 3.70. The van der Waals surface area contributed by atoms with Gasteiger partial charge in [-0.3, -0.25) is 9.36 Å². The summed E-state index contributed by atoms with van der Waals surface area (Å²) in [5.41, 5.74) is 1.33. The van der Waals surface area contributed by atoms with Crippen LogP contribution in [0.3, 0.4) is 0 Å². The normalized spacial score (nSPS) is 11.0. The molecule has 0 aliphatic rings. The van der Waals surface area contributed by atoms with E-state index in [4.69, 9.17) is 4.42 Å². The largest absolute Gasteiger partial charge is 0.419 e. The van der Waals surface area contributed by atoms with Crippen LogP contribution in [0.2, 0.25) is 0 Å². The molecule has 2 aromatic carbocycles. The first-order chi connectivity index (χ1) is 11.7. The van der Waals surface area contributed by atoms with Crippen molar-refractivity contribution in [3.63, 3.8) is 0 Å². The molecule has 0 spiro atoms. The number of halogens is 1. The van der Waals surface area contributed by atoms with Gasteiger partial charge in [0.15, 0.2) is 0 Å². The Morgan fingerprint density at radius 3 is 2.75 bits per heavy atom. The third-order valence-electron chi connectivity index (χ3n) is 3.58. The molecule has 0 amide bonds. The van der Waals surface area contributed by atoms with E-state index >= 15 is 0 Å². The van der Waals surface area contributed by atoms with Gasteiger partial charge < -0.3 is 4.42 Å². The van der Waals surface area contributed by atoms with Gasteiger partial charge in [0.2, 0.25) is 11.8 Å². The average molecular weight is 383 g/mol. The summed E-state index contributed by atoms with van der Waals surface area (Å²) in [4.78, 5) is 16.9. The second-order valence-electron chi connectivity index (χ2n) is 5.21. The first-order valence-corrected chi connectivity index (χ1v) is 8.02. The van der Waals surface area contributed by atoms with E-state index in [2.05, 4.69) is 31.1 Å². The van der Waals surface area contributed by atoms with Crippen LogP contribution in [0.25, 0.3) is 22.4 Å². The minimum atomic E-state index is -0.152. The molecule has 0 radical (unpaired) electrons. The summed E-state index contributed by atoms with van der Waals surface area (Å²) in [5.74, 6) is 0.780. The van der Waals surface area contributed by atoms with Crippen LogP contribution in [0.15, 0.2) is 68.5 Å². The lowest BCUT2D eigenvalue weighted by atomic mass is 10.2. The van der Waals surface area contributed by atoms with Crippen molar-refractivity contribution >= 4 is 26.8 Å². The summed E-state index contributed by atoms with van der Waals surface area (Å²) < 4.78 is 7.93.